The minimum Gasteiger partial charge on any atom is -0.508 e. The Labute approximate surface area is 163 Å². The number of benzene rings is 2. The van der Waals surface area contributed by atoms with E-state index in [0.29, 0.717) is 16.7 Å². The summed E-state index contributed by atoms with van der Waals surface area (Å²) in [6.45, 7) is 3.77. The summed E-state index contributed by atoms with van der Waals surface area (Å²) in [5.41, 5.74) is 2.70. The predicted molar refractivity (Wildman–Crippen MR) is 106 cm³/mol. The molecule has 0 bridgehead atoms. The maximum absolute atomic E-state index is 13.1. The fourth-order valence-corrected chi connectivity index (χ4v) is 3.55. The molecule has 2 heterocycles. The highest BCUT2D eigenvalue weighted by Gasteiger charge is 2.29. The van der Waals surface area contributed by atoms with Gasteiger partial charge in [0.2, 0.25) is 0 Å². The molecule has 2 aliphatic rings. The van der Waals surface area contributed by atoms with Gasteiger partial charge in [0.1, 0.15) is 5.75 Å². The number of anilines is 1. The fourth-order valence-electron chi connectivity index (χ4n) is 3.55. The van der Waals surface area contributed by atoms with E-state index in [1.54, 1.807) is 24.3 Å². The third-order valence-electron chi connectivity index (χ3n) is 5.02. The Kier molecular flexibility index (Phi) is 4.99. The Morgan fingerprint density at radius 2 is 1.82 bits per heavy atom. The molecule has 7 nitrogen and oxygen atoms in total. The number of amides is 2. The second-order valence-corrected chi connectivity index (χ2v) is 6.86. The number of carbonyl (C=O) groups excluding carboxylic acids is 2. The third kappa shape index (κ3) is 3.70. The number of piperazine rings is 1. The van der Waals surface area contributed by atoms with Gasteiger partial charge in [-0.25, -0.2) is 4.79 Å². The summed E-state index contributed by atoms with van der Waals surface area (Å²) in [5, 5.41) is 18.4. The molecule has 2 amide bonds. The maximum Gasteiger partial charge on any atom is 0.319 e. The molecule has 0 aromatic heterocycles. The van der Waals surface area contributed by atoms with Gasteiger partial charge in [0.25, 0.3) is 0 Å². The molecule has 1 saturated heterocycles. The van der Waals surface area contributed by atoms with Crippen molar-refractivity contribution in [3.63, 3.8) is 0 Å². The zero-order chi connectivity index (χ0) is 19.5. The van der Waals surface area contributed by atoms with Crippen LogP contribution in [0.2, 0.25) is 0 Å². The minimum absolute atomic E-state index is 0.0810. The second-order valence-electron chi connectivity index (χ2n) is 6.86. The number of hydrogen-bond donors (Lipinski definition) is 4. The summed E-state index contributed by atoms with van der Waals surface area (Å²) >= 11 is 0. The van der Waals surface area contributed by atoms with E-state index >= 15 is 0 Å². The summed E-state index contributed by atoms with van der Waals surface area (Å²) in [5.74, 6) is -0.0924. The van der Waals surface area contributed by atoms with Crippen LogP contribution in [0.3, 0.4) is 0 Å². The van der Waals surface area contributed by atoms with Crippen LogP contribution in [0.1, 0.15) is 22.0 Å². The zero-order valence-electron chi connectivity index (χ0n) is 15.3. The summed E-state index contributed by atoms with van der Waals surface area (Å²) < 4.78 is 0. The van der Waals surface area contributed by atoms with Crippen molar-refractivity contribution >= 4 is 17.5 Å². The van der Waals surface area contributed by atoms with Crippen molar-refractivity contribution in [2.75, 3.05) is 31.1 Å². The standard InChI is InChI=1S/C21H22N4O3/c26-17-3-1-2-15(12-17)19-18(13-23-21(28)24-19)20(27)14-4-6-16(7-5-14)25-10-8-22-9-11-25/h1-7,12-13,19,22,26H,8-11H2,(H2,23,24,28). The Morgan fingerprint density at radius 1 is 1.07 bits per heavy atom. The highest BCUT2D eigenvalue weighted by atomic mass is 16.3. The predicted octanol–water partition coefficient (Wildman–Crippen LogP) is 1.92. The Bertz CT molecular complexity index is 918. The van der Waals surface area contributed by atoms with Crippen molar-refractivity contribution < 1.29 is 14.7 Å². The van der Waals surface area contributed by atoms with Crippen LogP contribution in [0.25, 0.3) is 0 Å². The summed E-state index contributed by atoms with van der Waals surface area (Å²) in [7, 11) is 0. The van der Waals surface area contributed by atoms with E-state index in [0.717, 1.165) is 31.9 Å². The first kappa shape index (κ1) is 18.1. The van der Waals surface area contributed by atoms with Gasteiger partial charge in [-0.15, -0.1) is 0 Å². The van der Waals surface area contributed by atoms with E-state index < -0.39 is 6.04 Å². The van der Waals surface area contributed by atoms with Crippen molar-refractivity contribution in [2.24, 2.45) is 0 Å². The molecule has 4 rings (SSSR count). The van der Waals surface area contributed by atoms with Crippen molar-refractivity contribution in [1.29, 1.82) is 0 Å². The van der Waals surface area contributed by atoms with Gasteiger partial charge in [-0.1, -0.05) is 12.1 Å². The molecule has 0 aliphatic carbocycles. The first-order valence-electron chi connectivity index (χ1n) is 9.28. The molecule has 7 heteroatoms. The van der Waals surface area contributed by atoms with Gasteiger partial charge in [0.05, 0.1) is 6.04 Å². The lowest BCUT2D eigenvalue weighted by Crippen LogP contribution is -2.43. The maximum atomic E-state index is 13.1. The number of Topliss-reactive ketones (excluding diaryl/α,β-unsaturated/α-hetero) is 1. The van der Waals surface area contributed by atoms with E-state index in [4.69, 9.17) is 0 Å². The highest BCUT2D eigenvalue weighted by molar-refractivity contribution is 6.10. The number of nitrogens with one attached hydrogen (secondary N) is 3. The lowest BCUT2D eigenvalue weighted by atomic mass is 9.91. The molecule has 1 unspecified atom stereocenters. The lowest BCUT2D eigenvalue weighted by molar-refractivity contribution is 0.102. The van der Waals surface area contributed by atoms with Crippen LogP contribution in [-0.2, 0) is 0 Å². The van der Waals surface area contributed by atoms with Crippen molar-refractivity contribution in [1.82, 2.24) is 16.0 Å². The van der Waals surface area contributed by atoms with Crippen LogP contribution in [0.5, 0.6) is 5.75 Å². The van der Waals surface area contributed by atoms with Gasteiger partial charge in [-0.3, -0.25) is 4.79 Å². The SMILES string of the molecule is O=C1NC=C(C(=O)c2ccc(N3CCNCC3)cc2)C(c2cccc(O)c2)N1. The number of urea groups is 1. The molecule has 2 aliphatic heterocycles. The number of carbonyl (C=O) groups is 2. The Morgan fingerprint density at radius 3 is 2.54 bits per heavy atom. The molecular weight excluding hydrogens is 356 g/mol. The zero-order valence-corrected chi connectivity index (χ0v) is 15.3. The fraction of sp³-hybridized carbons (Fsp3) is 0.238. The van der Waals surface area contributed by atoms with E-state index in [-0.39, 0.29) is 17.6 Å². The van der Waals surface area contributed by atoms with Gasteiger partial charge >= 0.3 is 6.03 Å². The number of ketones is 1. The second kappa shape index (κ2) is 7.74. The number of hydrogen-bond acceptors (Lipinski definition) is 5. The minimum atomic E-state index is -0.624. The van der Waals surface area contributed by atoms with Crippen molar-refractivity contribution in [3.8, 4) is 5.75 Å². The van der Waals surface area contributed by atoms with Crippen LogP contribution in [0.15, 0.2) is 60.3 Å². The number of phenolic OH excluding ortho intramolecular Hbond substituents is 1. The summed E-state index contributed by atoms with van der Waals surface area (Å²) in [4.78, 5) is 27.2. The topological polar surface area (TPSA) is 93.7 Å². The summed E-state index contributed by atoms with van der Waals surface area (Å²) in [6.07, 6.45) is 1.44. The van der Waals surface area contributed by atoms with Crippen molar-refractivity contribution in [3.05, 3.63) is 71.4 Å². The van der Waals surface area contributed by atoms with Crippen LogP contribution in [0.4, 0.5) is 10.5 Å². The van der Waals surface area contributed by atoms with Gasteiger partial charge < -0.3 is 26.0 Å². The van der Waals surface area contributed by atoms with Gasteiger partial charge in [0, 0.05) is 49.2 Å². The van der Waals surface area contributed by atoms with E-state index in [1.807, 2.05) is 24.3 Å². The molecule has 144 valence electrons. The molecule has 2 aromatic rings. The molecule has 2 aromatic carbocycles. The monoisotopic (exact) mass is 378 g/mol. The van der Waals surface area contributed by atoms with Crippen LogP contribution >= 0.6 is 0 Å². The first-order valence-corrected chi connectivity index (χ1v) is 9.28. The first-order chi connectivity index (χ1) is 13.6. The Hall–Kier alpha value is -3.32. The van der Waals surface area contributed by atoms with Crippen LogP contribution in [0, 0.1) is 0 Å². The number of phenols is 1. The van der Waals surface area contributed by atoms with Gasteiger partial charge in [-0.2, -0.15) is 0 Å². The quantitative estimate of drug-likeness (QED) is 0.610. The van der Waals surface area contributed by atoms with E-state index in [2.05, 4.69) is 20.9 Å². The number of rotatable bonds is 4. The highest BCUT2D eigenvalue weighted by Crippen LogP contribution is 2.29. The van der Waals surface area contributed by atoms with E-state index in [1.165, 1.54) is 6.20 Å². The number of nitrogens with zero attached hydrogens (tertiary/aromatic N) is 1. The van der Waals surface area contributed by atoms with Crippen LogP contribution < -0.4 is 20.9 Å². The molecule has 4 N–H and O–H groups in total. The number of aromatic hydroxyl groups is 1. The largest absolute Gasteiger partial charge is 0.508 e. The molecule has 0 radical (unpaired) electrons. The van der Waals surface area contributed by atoms with E-state index in [9.17, 15) is 14.7 Å². The summed E-state index contributed by atoms with van der Waals surface area (Å²) in [6, 6.07) is 13.1. The average molecular weight is 378 g/mol. The van der Waals surface area contributed by atoms with Gasteiger partial charge in [-0.05, 0) is 42.0 Å². The normalized spacial score (nSPS) is 19.4. The molecule has 28 heavy (non-hydrogen) atoms. The average Bonchev–Trinajstić information content (AvgIpc) is 2.74. The lowest BCUT2D eigenvalue weighted by Gasteiger charge is -2.29. The molecular formula is C21H22N4O3. The van der Waals surface area contributed by atoms with Crippen molar-refractivity contribution in [2.45, 2.75) is 6.04 Å². The van der Waals surface area contributed by atoms with Crippen LogP contribution in [-0.4, -0.2) is 43.1 Å². The molecule has 0 saturated carbocycles. The molecule has 1 atom stereocenters. The Balaban J connectivity index is 1.59. The van der Waals surface area contributed by atoms with Gasteiger partial charge in [0.15, 0.2) is 5.78 Å². The smallest absolute Gasteiger partial charge is 0.319 e. The molecule has 1 fully saturated rings. The molecule has 0 spiro atoms. The third-order valence-corrected chi connectivity index (χ3v) is 5.02.